The zero-order valence-corrected chi connectivity index (χ0v) is 20.5. The lowest BCUT2D eigenvalue weighted by Gasteiger charge is -2.18. The van der Waals surface area contributed by atoms with Gasteiger partial charge in [0, 0.05) is 17.6 Å². The zero-order valence-electron chi connectivity index (χ0n) is 19.7. The Morgan fingerprint density at radius 1 is 0.972 bits per heavy atom. The molecule has 4 rings (SSSR count). The summed E-state index contributed by atoms with van der Waals surface area (Å²) >= 11 is 0. The third-order valence-electron chi connectivity index (χ3n) is 5.80. The maximum absolute atomic E-state index is 14.1. The molecular formula is C27H23F4NO3S. The van der Waals surface area contributed by atoms with Crippen LogP contribution in [-0.2, 0) is 16.0 Å². The number of rotatable bonds is 6. The molecule has 0 atom stereocenters. The molecule has 0 spiro atoms. The second-order valence-corrected chi connectivity index (χ2v) is 10.9. The summed E-state index contributed by atoms with van der Waals surface area (Å²) in [4.78, 5) is 3.95. The Kier molecular flexibility index (Phi) is 6.79. The topological polar surface area (TPSA) is 56.3 Å². The molecule has 36 heavy (non-hydrogen) atoms. The minimum absolute atomic E-state index is 0.0118. The van der Waals surface area contributed by atoms with Crippen molar-refractivity contribution in [1.29, 1.82) is 0 Å². The first kappa shape index (κ1) is 25.6. The van der Waals surface area contributed by atoms with E-state index in [0.717, 1.165) is 23.8 Å². The number of nitrogens with zero attached hydrogens (tertiary/aromatic N) is 1. The highest BCUT2D eigenvalue weighted by atomic mass is 32.2. The SMILES string of the molecule is CCS(=O)(=O)c1cc(F)cc(Oc2cccc(-c3c(C(C)C)cnc4c(C(F)(F)F)cccc34)c2)c1. The molecule has 0 radical (unpaired) electrons. The number of aromatic nitrogens is 1. The molecular weight excluding hydrogens is 494 g/mol. The van der Waals surface area contributed by atoms with E-state index in [9.17, 15) is 26.0 Å². The molecule has 188 valence electrons. The van der Waals surface area contributed by atoms with Gasteiger partial charge in [0.05, 0.1) is 21.7 Å². The number of benzene rings is 3. The van der Waals surface area contributed by atoms with E-state index >= 15 is 0 Å². The van der Waals surface area contributed by atoms with Crippen LogP contribution in [0, 0.1) is 5.82 Å². The number of ether oxygens (including phenoxy) is 1. The molecule has 4 aromatic rings. The quantitative estimate of drug-likeness (QED) is 0.245. The molecule has 4 nitrogen and oxygen atoms in total. The van der Waals surface area contributed by atoms with Gasteiger partial charge in [-0.1, -0.05) is 45.0 Å². The summed E-state index contributed by atoms with van der Waals surface area (Å²) < 4.78 is 85.3. The van der Waals surface area contributed by atoms with Crippen molar-refractivity contribution in [3.63, 3.8) is 0 Å². The third kappa shape index (κ3) is 5.06. The first-order valence-corrected chi connectivity index (χ1v) is 12.9. The molecule has 1 aromatic heterocycles. The van der Waals surface area contributed by atoms with Crippen LogP contribution in [0.15, 0.2) is 71.8 Å². The highest BCUT2D eigenvalue weighted by Gasteiger charge is 2.33. The highest BCUT2D eigenvalue weighted by Crippen LogP contribution is 2.41. The largest absolute Gasteiger partial charge is 0.457 e. The average Bonchev–Trinajstić information content (AvgIpc) is 2.82. The number of fused-ring (bicyclic) bond motifs is 1. The molecule has 0 aliphatic heterocycles. The molecule has 0 fully saturated rings. The predicted molar refractivity (Wildman–Crippen MR) is 130 cm³/mol. The molecule has 1 heterocycles. The second-order valence-electron chi connectivity index (χ2n) is 8.60. The Hall–Kier alpha value is -3.46. The normalized spacial score (nSPS) is 12.3. The molecule has 0 aliphatic rings. The van der Waals surface area contributed by atoms with Crippen LogP contribution in [0.1, 0.15) is 37.8 Å². The molecule has 0 aliphatic carbocycles. The zero-order chi connectivity index (χ0) is 26.3. The monoisotopic (exact) mass is 517 g/mol. The molecule has 0 N–H and O–H groups in total. The van der Waals surface area contributed by atoms with E-state index in [0.29, 0.717) is 16.5 Å². The fraction of sp³-hybridized carbons (Fsp3) is 0.222. The lowest BCUT2D eigenvalue weighted by atomic mass is 9.90. The summed E-state index contributed by atoms with van der Waals surface area (Å²) in [6.07, 6.45) is -3.11. The minimum atomic E-state index is -4.57. The summed E-state index contributed by atoms with van der Waals surface area (Å²) in [5.74, 6) is -0.747. The van der Waals surface area contributed by atoms with Crippen molar-refractivity contribution in [1.82, 2.24) is 4.98 Å². The Bertz CT molecular complexity index is 1550. The van der Waals surface area contributed by atoms with Gasteiger partial charge in [-0.15, -0.1) is 0 Å². The van der Waals surface area contributed by atoms with Crippen molar-refractivity contribution in [2.45, 2.75) is 37.8 Å². The number of para-hydroxylation sites is 1. The summed E-state index contributed by atoms with van der Waals surface area (Å²) in [6, 6.07) is 13.8. The van der Waals surface area contributed by atoms with Crippen molar-refractivity contribution < 1.29 is 30.7 Å². The van der Waals surface area contributed by atoms with Crippen LogP contribution in [0.5, 0.6) is 11.5 Å². The van der Waals surface area contributed by atoms with E-state index in [1.807, 2.05) is 13.8 Å². The summed E-state index contributed by atoms with van der Waals surface area (Å²) in [5, 5.41) is 0.343. The lowest BCUT2D eigenvalue weighted by Crippen LogP contribution is -2.07. The van der Waals surface area contributed by atoms with Gasteiger partial charge in [-0.25, -0.2) is 12.8 Å². The van der Waals surface area contributed by atoms with E-state index in [1.54, 1.807) is 30.3 Å². The molecule has 0 saturated carbocycles. The van der Waals surface area contributed by atoms with Gasteiger partial charge < -0.3 is 4.74 Å². The average molecular weight is 518 g/mol. The predicted octanol–water partition coefficient (Wildman–Crippen LogP) is 7.77. The van der Waals surface area contributed by atoms with Gasteiger partial charge in [-0.2, -0.15) is 13.2 Å². The van der Waals surface area contributed by atoms with E-state index < -0.39 is 27.4 Å². The van der Waals surface area contributed by atoms with Gasteiger partial charge in [-0.3, -0.25) is 4.98 Å². The van der Waals surface area contributed by atoms with E-state index in [-0.39, 0.29) is 33.6 Å². The van der Waals surface area contributed by atoms with Gasteiger partial charge in [0.15, 0.2) is 9.84 Å². The number of hydrogen-bond donors (Lipinski definition) is 0. The van der Waals surface area contributed by atoms with Crippen LogP contribution in [0.2, 0.25) is 0 Å². The molecule has 9 heteroatoms. The third-order valence-corrected chi connectivity index (χ3v) is 7.51. The molecule has 0 bridgehead atoms. The van der Waals surface area contributed by atoms with Gasteiger partial charge in [-0.05, 0) is 52.9 Å². The van der Waals surface area contributed by atoms with E-state index in [4.69, 9.17) is 4.74 Å². The maximum atomic E-state index is 14.1. The minimum Gasteiger partial charge on any atom is -0.457 e. The van der Waals surface area contributed by atoms with Crippen LogP contribution in [0.4, 0.5) is 17.6 Å². The van der Waals surface area contributed by atoms with Crippen LogP contribution < -0.4 is 4.74 Å². The van der Waals surface area contributed by atoms with Crippen molar-refractivity contribution in [2.75, 3.05) is 5.75 Å². The Balaban J connectivity index is 1.85. The van der Waals surface area contributed by atoms with Gasteiger partial charge in [0.25, 0.3) is 0 Å². The van der Waals surface area contributed by atoms with Gasteiger partial charge in [0.1, 0.15) is 17.3 Å². The van der Waals surface area contributed by atoms with Crippen LogP contribution in [-0.4, -0.2) is 19.2 Å². The smallest absolute Gasteiger partial charge is 0.418 e. The fourth-order valence-electron chi connectivity index (χ4n) is 4.02. The summed E-state index contributed by atoms with van der Waals surface area (Å²) in [5.41, 5.74) is 0.936. The van der Waals surface area contributed by atoms with Gasteiger partial charge in [0.2, 0.25) is 0 Å². The number of sulfone groups is 1. The number of halogens is 4. The van der Waals surface area contributed by atoms with Gasteiger partial charge >= 0.3 is 6.18 Å². The van der Waals surface area contributed by atoms with Crippen molar-refractivity contribution in [3.05, 3.63) is 83.8 Å². The molecule has 0 saturated heterocycles. The first-order chi connectivity index (χ1) is 16.9. The Morgan fingerprint density at radius 2 is 1.69 bits per heavy atom. The van der Waals surface area contributed by atoms with Crippen molar-refractivity contribution >= 4 is 20.7 Å². The second kappa shape index (κ2) is 9.54. The Labute approximate surface area is 206 Å². The molecule has 0 unspecified atom stereocenters. The lowest BCUT2D eigenvalue weighted by molar-refractivity contribution is -0.136. The van der Waals surface area contributed by atoms with Crippen LogP contribution in [0.3, 0.4) is 0 Å². The summed E-state index contributed by atoms with van der Waals surface area (Å²) in [7, 11) is -3.66. The molecule has 3 aromatic carbocycles. The highest BCUT2D eigenvalue weighted by molar-refractivity contribution is 7.91. The molecule has 0 amide bonds. The van der Waals surface area contributed by atoms with Crippen LogP contribution in [0.25, 0.3) is 22.0 Å². The van der Waals surface area contributed by atoms with Crippen LogP contribution >= 0.6 is 0 Å². The van der Waals surface area contributed by atoms with Crippen molar-refractivity contribution in [3.8, 4) is 22.6 Å². The number of pyridine rings is 1. The summed E-state index contributed by atoms with van der Waals surface area (Å²) in [6.45, 7) is 5.30. The number of hydrogen-bond acceptors (Lipinski definition) is 4. The maximum Gasteiger partial charge on any atom is 0.418 e. The van der Waals surface area contributed by atoms with E-state index in [2.05, 4.69) is 4.98 Å². The fourth-order valence-corrected chi connectivity index (χ4v) is 4.94. The Morgan fingerprint density at radius 3 is 2.36 bits per heavy atom. The van der Waals surface area contributed by atoms with E-state index in [1.165, 1.54) is 25.3 Å². The standard InChI is InChI=1S/C27H23F4NO3S/c1-4-36(33,34)21-13-18(28)12-20(14-21)35-19-8-5-7-17(11-19)25-22-9-6-10-24(27(29,30)31)26(22)32-15-23(25)16(2)3/h5-16H,4H2,1-3H3. The van der Waals surface area contributed by atoms with Crippen molar-refractivity contribution in [2.24, 2.45) is 0 Å². The number of alkyl halides is 3. The first-order valence-electron chi connectivity index (χ1n) is 11.2.